The molecule has 184 valence electrons. The average molecular weight is 504 g/mol. The molecule has 1 amide bonds. The van der Waals surface area contributed by atoms with E-state index < -0.39 is 0 Å². The van der Waals surface area contributed by atoms with Crippen molar-refractivity contribution in [1.82, 2.24) is 4.98 Å². The lowest BCUT2D eigenvalue weighted by Crippen LogP contribution is -2.31. The van der Waals surface area contributed by atoms with E-state index in [0.717, 1.165) is 55.5 Å². The van der Waals surface area contributed by atoms with Gasteiger partial charge in [0.25, 0.3) is 0 Å². The molecule has 0 saturated heterocycles. The summed E-state index contributed by atoms with van der Waals surface area (Å²) < 4.78 is 0. The average Bonchev–Trinajstić information content (AvgIpc) is 3.22. The molecule has 1 aromatic carbocycles. The number of aryl methyl sites for hydroxylation is 2. The third kappa shape index (κ3) is 5.74. The lowest BCUT2D eigenvalue weighted by Gasteiger charge is -2.40. The summed E-state index contributed by atoms with van der Waals surface area (Å²) in [5.41, 5.74) is 3.58. The highest BCUT2D eigenvalue weighted by atomic mass is 35.5. The van der Waals surface area contributed by atoms with Gasteiger partial charge in [0.2, 0.25) is 5.91 Å². The van der Waals surface area contributed by atoms with Crippen molar-refractivity contribution in [1.29, 1.82) is 0 Å². The van der Waals surface area contributed by atoms with E-state index in [9.17, 15) is 9.90 Å². The summed E-state index contributed by atoms with van der Waals surface area (Å²) in [6.07, 6.45) is 8.90. The normalized spacial score (nSPS) is 26.1. The number of nitrogens with one attached hydrogen (secondary N) is 1. The second-order valence-corrected chi connectivity index (χ2v) is 11.4. The molecule has 2 aromatic rings. The Morgan fingerprint density at radius 1 is 1.35 bits per heavy atom. The Morgan fingerprint density at radius 2 is 2.18 bits per heavy atom. The molecule has 2 N–H and O–H groups in total. The minimum Gasteiger partial charge on any atom is -0.506 e. The number of aromatic nitrogens is 1. The number of hydrogen-bond acceptors (Lipinski definition) is 6. The van der Waals surface area contributed by atoms with Gasteiger partial charge >= 0.3 is 0 Å². The second-order valence-electron chi connectivity index (χ2n) is 9.73. The number of hydrogen-bond donors (Lipinski definition) is 2. The summed E-state index contributed by atoms with van der Waals surface area (Å²) >= 11 is 7.83. The molecule has 1 saturated carbocycles. The van der Waals surface area contributed by atoms with Crippen molar-refractivity contribution in [2.45, 2.75) is 71.1 Å². The van der Waals surface area contributed by atoms with E-state index >= 15 is 0 Å². The van der Waals surface area contributed by atoms with Crippen molar-refractivity contribution in [3.63, 3.8) is 0 Å². The number of halogens is 1. The van der Waals surface area contributed by atoms with Crippen LogP contribution < -0.4 is 5.32 Å². The molecule has 6 nitrogen and oxygen atoms in total. The van der Waals surface area contributed by atoms with Crippen molar-refractivity contribution in [3.8, 4) is 5.75 Å². The van der Waals surface area contributed by atoms with Gasteiger partial charge in [0.05, 0.1) is 10.7 Å². The lowest BCUT2D eigenvalue weighted by molar-refractivity contribution is -0.116. The zero-order chi connectivity index (χ0) is 24.2. The molecule has 0 spiro atoms. The van der Waals surface area contributed by atoms with Gasteiger partial charge in [-0.05, 0) is 98.8 Å². The third-order valence-corrected chi connectivity index (χ3v) is 8.73. The zero-order valence-electron chi connectivity index (χ0n) is 20.1. The first kappa shape index (κ1) is 25.0. The molecule has 2 aliphatic carbocycles. The molecule has 0 radical (unpaired) electrons. The number of fused-ring (bicyclic) bond motifs is 3. The Balaban J connectivity index is 1.54. The van der Waals surface area contributed by atoms with E-state index in [-0.39, 0.29) is 11.7 Å². The number of phenols is 1. The van der Waals surface area contributed by atoms with Crippen LogP contribution in [-0.2, 0) is 16.1 Å². The van der Waals surface area contributed by atoms with Gasteiger partial charge in [-0.1, -0.05) is 23.7 Å². The number of nitrogens with zero attached hydrogens (tertiary/aromatic N) is 2. The summed E-state index contributed by atoms with van der Waals surface area (Å²) in [4.78, 5) is 23.2. The maximum Gasteiger partial charge on any atom is 0.226 e. The predicted molar refractivity (Wildman–Crippen MR) is 138 cm³/mol. The van der Waals surface area contributed by atoms with E-state index in [1.165, 1.54) is 22.5 Å². The second kappa shape index (κ2) is 11.1. The molecule has 0 aliphatic heterocycles. The lowest BCUT2D eigenvalue weighted by atomic mass is 9.65. The number of amides is 1. The number of oxime groups is 1. The molecule has 2 aliphatic rings. The highest BCUT2D eigenvalue weighted by molar-refractivity contribution is 7.15. The molecule has 1 aromatic heterocycles. The number of carbonyl (C=O) groups excluding carboxylic acids is 1. The van der Waals surface area contributed by atoms with E-state index in [0.29, 0.717) is 40.2 Å². The van der Waals surface area contributed by atoms with Crippen LogP contribution in [0.3, 0.4) is 0 Å². The van der Waals surface area contributed by atoms with Gasteiger partial charge in [0, 0.05) is 17.5 Å². The van der Waals surface area contributed by atoms with Crippen LogP contribution in [0.4, 0.5) is 5.13 Å². The minimum absolute atomic E-state index is 0.0134. The minimum atomic E-state index is 0.0134. The maximum absolute atomic E-state index is 12.7. The first-order chi connectivity index (χ1) is 16.4. The number of carbonyl (C=O) groups is 1. The smallest absolute Gasteiger partial charge is 0.226 e. The fourth-order valence-corrected chi connectivity index (χ4v) is 6.74. The number of rotatable bonds is 5. The van der Waals surface area contributed by atoms with E-state index in [4.69, 9.17) is 16.4 Å². The molecule has 34 heavy (non-hydrogen) atoms. The maximum atomic E-state index is 12.7. The van der Waals surface area contributed by atoms with Gasteiger partial charge in [0.1, 0.15) is 12.9 Å². The monoisotopic (exact) mass is 503 g/mol. The molecule has 4 atom stereocenters. The van der Waals surface area contributed by atoms with Gasteiger partial charge in [0.15, 0.2) is 5.13 Å². The van der Waals surface area contributed by atoms with E-state index in [2.05, 4.69) is 22.4 Å². The largest absolute Gasteiger partial charge is 0.506 e. The van der Waals surface area contributed by atoms with Crippen LogP contribution in [0.1, 0.15) is 73.8 Å². The number of phenolic OH excluding ortho intramolecular Hbond substituents is 1. The van der Waals surface area contributed by atoms with Crippen molar-refractivity contribution >= 4 is 39.7 Å². The number of benzene rings is 1. The highest BCUT2D eigenvalue weighted by Crippen LogP contribution is 2.49. The number of thiazole rings is 1. The van der Waals surface area contributed by atoms with Crippen LogP contribution in [0.15, 0.2) is 23.5 Å². The van der Waals surface area contributed by atoms with Gasteiger partial charge in [-0.15, -0.1) is 11.3 Å². The molecule has 8 heteroatoms. The molecular weight excluding hydrogens is 470 g/mol. The number of aromatic hydroxyl groups is 1. The van der Waals surface area contributed by atoms with Crippen molar-refractivity contribution in [3.05, 3.63) is 39.4 Å². The summed E-state index contributed by atoms with van der Waals surface area (Å²) in [7, 11) is 1.60. The van der Waals surface area contributed by atoms with Crippen LogP contribution >= 0.6 is 22.9 Å². The van der Waals surface area contributed by atoms with Crippen LogP contribution in [-0.4, -0.2) is 28.8 Å². The highest BCUT2D eigenvalue weighted by Gasteiger charge is 2.38. The van der Waals surface area contributed by atoms with Crippen LogP contribution in [0.5, 0.6) is 5.75 Å². The zero-order valence-corrected chi connectivity index (χ0v) is 21.7. The fourth-order valence-electron chi connectivity index (χ4n) is 5.89. The van der Waals surface area contributed by atoms with Crippen LogP contribution in [0.2, 0.25) is 5.02 Å². The van der Waals surface area contributed by atoms with Crippen LogP contribution in [0.25, 0.3) is 0 Å². The quantitative estimate of drug-likeness (QED) is 0.444. The topological polar surface area (TPSA) is 83.8 Å². The van der Waals surface area contributed by atoms with E-state index in [1.807, 2.05) is 19.1 Å². The fraction of sp³-hybridized carbons (Fsp3) is 0.577. The Kier molecular flexibility index (Phi) is 8.14. The Morgan fingerprint density at radius 3 is 2.91 bits per heavy atom. The predicted octanol–water partition coefficient (Wildman–Crippen LogP) is 6.70. The molecule has 0 bridgehead atoms. The summed E-state index contributed by atoms with van der Waals surface area (Å²) in [5.74, 6) is 1.83. The Bertz CT molecular complexity index is 1050. The Labute approximate surface area is 210 Å². The summed E-state index contributed by atoms with van der Waals surface area (Å²) in [6.45, 7) is 4.32. The van der Waals surface area contributed by atoms with Crippen molar-refractivity contribution in [2.75, 3.05) is 12.4 Å². The first-order valence-electron chi connectivity index (χ1n) is 12.2. The molecular formula is C26H34ClN3O3S. The summed E-state index contributed by atoms with van der Waals surface area (Å²) in [6, 6.07) is 3.83. The first-order valence-corrected chi connectivity index (χ1v) is 13.4. The molecule has 1 fully saturated rings. The van der Waals surface area contributed by atoms with Gasteiger partial charge in [-0.25, -0.2) is 4.98 Å². The standard InChI is InChI=1S/C26H34ClN3O3S/c1-15-14-28-26(34-15)29-25(32)10-8-17-11-19(30-33-3)5-4-6-21-20(16(17)2)9-7-18-12-24(31)23(27)13-22(18)21/h12-14,16-17,20-21,31H,4-11H2,1-3H3,(H,28,29,32)/b30-19-/t16?,17-,20?,21?/m1/s1. The molecule has 1 heterocycles. The van der Waals surface area contributed by atoms with Crippen LogP contribution in [0, 0.1) is 24.7 Å². The summed E-state index contributed by atoms with van der Waals surface area (Å²) in [5, 5.41) is 18.5. The molecule has 4 rings (SSSR count). The Hall–Kier alpha value is -2.12. The number of anilines is 1. The van der Waals surface area contributed by atoms with Gasteiger partial charge < -0.3 is 15.3 Å². The van der Waals surface area contributed by atoms with Gasteiger partial charge in [-0.3, -0.25) is 4.79 Å². The third-order valence-electron chi connectivity index (χ3n) is 7.60. The van der Waals surface area contributed by atoms with Crippen molar-refractivity contribution < 1.29 is 14.7 Å². The van der Waals surface area contributed by atoms with Crippen molar-refractivity contribution in [2.24, 2.45) is 22.9 Å². The van der Waals surface area contributed by atoms with Gasteiger partial charge in [-0.2, -0.15) is 0 Å². The SMILES string of the molecule is CO/N=C1/CCCC2c3cc(Cl)c(O)cc3CCC2C(C)[C@H](CCC(=O)Nc2ncc(C)s2)C1. The van der Waals surface area contributed by atoms with E-state index in [1.54, 1.807) is 13.3 Å². The molecule has 3 unspecified atom stereocenters.